The summed E-state index contributed by atoms with van der Waals surface area (Å²) in [5.41, 5.74) is 0.866. The van der Waals surface area contributed by atoms with Crippen molar-refractivity contribution in [1.29, 1.82) is 0 Å². The maximum absolute atomic E-state index is 12.3. The van der Waals surface area contributed by atoms with Crippen LogP contribution in [0.15, 0.2) is 41.9 Å². The van der Waals surface area contributed by atoms with Crippen LogP contribution in [0.5, 0.6) is 0 Å². The summed E-state index contributed by atoms with van der Waals surface area (Å²) in [6.07, 6.45) is 1.81. The van der Waals surface area contributed by atoms with Gasteiger partial charge in [-0.2, -0.15) is 0 Å². The average molecular weight is 311 g/mol. The van der Waals surface area contributed by atoms with Crippen LogP contribution in [0.25, 0.3) is 0 Å². The molecular formula is C17H17N3OS. The highest BCUT2D eigenvalue weighted by Gasteiger charge is 2.27. The van der Waals surface area contributed by atoms with E-state index in [0.29, 0.717) is 6.54 Å². The fourth-order valence-corrected chi connectivity index (χ4v) is 3.20. The first kappa shape index (κ1) is 14.6. The summed E-state index contributed by atoms with van der Waals surface area (Å²) < 4.78 is 0. The molecule has 1 fully saturated rings. The molecule has 22 heavy (non-hydrogen) atoms. The SMILES string of the molecule is C[C@@H]1CN(c2nccs2)CCN1C(=O)C#Cc1ccccc1. The van der Waals surface area contributed by atoms with Gasteiger partial charge in [-0.1, -0.05) is 24.1 Å². The molecule has 0 saturated carbocycles. The maximum Gasteiger partial charge on any atom is 0.299 e. The monoisotopic (exact) mass is 311 g/mol. The van der Waals surface area contributed by atoms with E-state index in [1.165, 1.54) is 0 Å². The smallest absolute Gasteiger partial charge is 0.299 e. The van der Waals surface area contributed by atoms with Gasteiger partial charge in [0.2, 0.25) is 0 Å². The predicted octanol–water partition coefficient (Wildman–Crippen LogP) is 2.23. The molecule has 1 saturated heterocycles. The highest BCUT2D eigenvalue weighted by atomic mass is 32.1. The van der Waals surface area contributed by atoms with E-state index >= 15 is 0 Å². The number of carbonyl (C=O) groups excluding carboxylic acids is 1. The molecular weight excluding hydrogens is 294 g/mol. The van der Waals surface area contributed by atoms with Crippen molar-refractivity contribution in [2.75, 3.05) is 24.5 Å². The quantitative estimate of drug-likeness (QED) is 0.758. The first-order valence-corrected chi connectivity index (χ1v) is 8.14. The van der Waals surface area contributed by atoms with Crippen LogP contribution in [-0.2, 0) is 4.79 Å². The number of piperazine rings is 1. The normalized spacial score (nSPS) is 17.8. The molecule has 0 radical (unpaired) electrons. The van der Waals surface area contributed by atoms with E-state index < -0.39 is 0 Å². The summed E-state index contributed by atoms with van der Waals surface area (Å²) in [5.74, 6) is 5.59. The van der Waals surface area contributed by atoms with Crippen molar-refractivity contribution in [3.05, 3.63) is 47.5 Å². The van der Waals surface area contributed by atoms with Gasteiger partial charge >= 0.3 is 0 Å². The molecule has 5 heteroatoms. The minimum Gasteiger partial charge on any atom is -0.344 e. The summed E-state index contributed by atoms with van der Waals surface area (Å²) in [6, 6.07) is 9.73. The lowest BCUT2D eigenvalue weighted by atomic mass is 10.2. The van der Waals surface area contributed by atoms with Crippen molar-refractivity contribution < 1.29 is 4.79 Å². The standard InChI is InChI=1S/C17H17N3OS/c1-14-13-19(17-18-9-12-22-17)10-11-20(14)16(21)8-7-15-5-3-2-4-6-15/h2-6,9,12,14H,10-11,13H2,1H3/t14-/m1/s1. The van der Waals surface area contributed by atoms with Crippen LogP contribution >= 0.6 is 11.3 Å². The summed E-state index contributed by atoms with van der Waals surface area (Å²) >= 11 is 1.63. The van der Waals surface area contributed by atoms with E-state index in [2.05, 4.69) is 28.6 Å². The number of hydrogen-bond acceptors (Lipinski definition) is 4. The lowest BCUT2D eigenvalue weighted by molar-refractivity contribution is -0.127. The number of hydrogen-bond donors (Lipinski definition) is 0. The molecule has 2 aromatic rings. The Morgan fingerprint density at radius 2 is 2.14 bits per heavy atom. The van der Waals surface area contributed by atoms with Crippen LogP contribution in [0.2, 0.25) is 0 Å². The molecule has 2 heterocycles. The number of anilines is 1. The van der Waals surface area contributed by atoms with Crippen molar-refractivity contribution in [2.24, 2.45) is 0 Å². The zero-order valence-corrected chi connectivity index (χ0v) is 13.2. The number of thiazole rings is 1. The van der Waals surface area contributed by atoms with Crippen LogP contribution in [0, 0.1) is 11.8 Å². The molecule has 4 nitrogen and oxygen atoms in total. The minimum absolute atomic E-state index is 0.102. The zero-order valence-electron chi connectivity index (χ0n) is 12.4. The third kappa shape index (κ3) is 3.29. The predicted molar refractivity (Wildman–Crippen MR) is 88.8 cm³/mol. The fourth-order valence-electron chi connectivity index (χ4n) is 2.52. The number of rotatable bonds is 1. The third-order valence-electron chi connectivity index (χ3n) is 3.67. The van der Waals surface area contributed by atoms with Crippen molar-refractivity contribution in [1.82, 2.24) is 9.88 Å². The van der Waals surface area contributed by atoms with E-state index in [4.69, 9.17) is 0 Å². The molecule has 1 aliphatic heterocycles. The van der Waals surface area contributed by atoms with E-state index in [1.54, 1.807) is 11.3 Å². The first-order chi connectivity index (χ1) is 10.7. The molecule has 1 aromatic heterocycles. The molecule has 0 bridgehead atoms. The van der Waals surface area contributed by atoms with Gasteiger partial charge in [-0.25, -0.2) is 4.98 Å². The second kappa shape index (κ2) is 6.63. The molecule has 1 atom stereocenters. The summed E-state index contributed by atoms with van der Waals surface area (Å²) in [5, 5.41) is 3.00. The lowest BCUT2D eigenvalue weighted by Gasteiger charge is -2.38. The van der Waals surface area contributed by atoms with Crippen LogP contribution in [0.1, 0.15) is 12.5 Å². The Hall–Kier alpha value is -2.32. The van der Waals surface area contributed by atoms with Gasteiger partial charge in [-0.3, -0.25) is 4.79 Å². The zero-order chi connectivity index (χ0) is 15.4. The third-order valence-corrected chi connectivity index (χ3v) is 4.50. The number of aromatic nitrogens is 1. The lowest BCUT2D eigenvalue weighted by Crippen LogP contribution is -2.53. The Labute approximate surface area is 134 Å². The number of amides is 1. The molecule has 0 aliphatic carbocycles. The molecule has 1 aliphatic rings. The van der Waals surface area contributed by atoms with Gasteiger partial charge in [0.25, 0.3) is 5.91 Å². The van der Waals surface area contributed by atoms with Gasteiger partial charge in [0, 0.05) is 48.7 Å². The van der Waals surface area contributed by atoms with Gasteiger partial charge in [-0.15, -0.1) is 11.3 Å². The van der Waals surface area contributed by atoms with Gasteiger partial charge in [-0.05, 0) is 19.1 Å². The molecule has 112 valence electrons. The largest absolute Gasteiger partial charge is 0.344 e. The Balaban J connectivity index is 1.64. The summed E-state index contributed by atoms with van der Waals surface area (Å²) in [4.78, 5) is 20.7. The van der Waals surface area contributed by atoms with Crippen LogP contribution < -0.4 is 4.90 Å². The van der Waals surface area contributed by atoms with E-state index in [9.17, 15) is 4.79 Å². The molecule has 0 N–H and O–H groups in total. The van der Waals surface area contributed by atoms with Crippen molar-refractivity contribution in [3.8, 4) is 11.8 Å². The summed E-state index contributed by atoms with van der Waals surface area (Å²) in [7, 11) is 0. The second-order valence-corrected chi connectivity index (χ2v) is 6.10. The van der Waals surface area contributed by atoms with Crippen LogP contribution in [0.3, 0.4) is 0 Å². The van der Waals surface area contributed by atoms with E-state index in [0.717, 1.165) is 23.8 Å². The molecule has 1 aromatic carbocycles. The Morgan fingerprint density at radius 1 is 1.32 bits per heavy atom. The van der Waals surface area contributed by atoms with E-state index in [-0.39, 0.29) is 11.9 Å². The topological polar surface area (TPSA) is 36.4 Å². The molecule has 1 amide bonds. The van der Waals surface area contributed by atoms with Crippen LogP contribution in [0.4, 0.5) is 5.13 Å². The van der Waals surface area contributed by atoms with Gasteiger partial charge in [0.05, 0.1) is 0 Å². The average Bonchev–Trinajstić information content (AvgIpc) is 3.08. The Bertz CT molecular complexity index is 688. The minimum atomic E-state index is -0.102. The van der Waals surface area contributed by atoms with E-state index in [1.807, 2.05) is 46.8 Å². The number of nitrogens with zero attached hydrogens (tertiary/aromatic N) is 3. The van der Waals surface area contributed by atoms with Gasteiger partial charge < -0.3 is 9.80 Å². The fraction of sp³-hybridized carbons (Fsp3) is 0.294. The highest BCUT2D eigenvalue weighted by Crippen LogP contribution is 2.21. The first-order valence-electron chi connectivity index (χ1n) is 7.26. The number of carbonyl (C=O) groups is 1. The van der Waals surface area contributed by atoms with Gasteiger partial charge in [0.15, 0.2) is 5.13 Å². The Morgan fingerprint density at radius 3 is 2.82 bits per heavy atom. The van der Waals surface area contributed by atoms with Crippen molar-refractivity contribution in [2.45, 2.75) is 13.0 Å². The number of benzene rings is 1. The Kier molecular flexibility index (Phi) is 4.40. The summed E-state index contributed by atoms with van der Waals surface area (Å²) in [6.45, 7) is 4.34. The van der Waals surface area contributed by atoms with Crippen molar-refractivity contribution in [3.63, 3.8) is 0 Å². The molecule has 0 unspecified atom stereocenters. The second-order valence-electron chi connectivity index (χ2n) is 5.22. The maximum atomic E-state index is 12.3. The molecule has 3 rings (SSSR count). The van der Waals surface area contributed by atoms with Gasteiger partial charge in [0.1, 0.15) is 0 Å². The highest BCUT2D eigenvalue weighted by molar-refractivity contribution is 7.13. The van der Waals surface area contributed by atoms with Crippen LogP contribution in [-0.4, -0.2) is 41.5 Å². The molecule has 0 spiro atoms. The van der Waals surface area contributed by atoms with Crippen molar-refractivity contribution >= 4 is 22.4 Å².